The van der Waals surface area contributed by atoms with Crippen LogP contribution >= 0.6 is 0 Å². The first-order valence-electron chi connectivity index (χ1n) is 5.29. The molecule has 0 aliphatic carbocycles. The van der Waals surface area contributed by atoms with Crippen molar-refractivity contribution in [3.05, 3.63) is 0 Å². The number of rotatable bonds is 4. The maximum absolute atomic E-state index is 10.0. The van der Waals surface area contributed by atoms with Gasteiger partial charge in [-0.2, -0.15) is 0 Å². The molecule has 0 saturated heterocycles. The Morgan fingerprint density at radius 1 is 1.31 bits per heavy atom. The van der Waals surface area contributed by atoms with Gasteiger partial charge in [0.25, 0.3) is 0 Å². The molecule has 1 heteroatoms. The molecule has 13 heavy (non-hydrogen) atoms. The minimum atomic E-state index is -0.736. The molecule has 0 heterocycles. The van der Waals surface area contributed by atoms with E-state index in [1.165, 1.54) is 0 Å². The standard InChI is InChI=1S/C12H22O/c1-5-7-9-12(13,6-2)10-8-11(3)4/h11,13H,5-7,9H2,1-4H3. The summed E-state index contributed by atoms with van der Waals surface area (Å²) in [7, 11) is 0. The topological polar surface area (TPSA) is 20.2 Å². The van der Waals surface area contributed by atoms with E-state index in [4.69, 9.17) is 0 Å². The molecule has 0 aliphatic heterocycles. The highest BCUT2D eigenvalue weighted by Gasteiger charge is 2.20. The number of hydrogen-bond acceptors (Lipinski definition) is 1. The average molecular weight is 182 g/mol. The van der Waals surface area contributed by atoms with Crippen LogP contribution in [0.1, 0.15) is 53.4 Å². The Bertz CT molecular complexity index is 185. The summed E-state index contributed by atoms with van der Waals surface area (Å²) in [5.74, 6) is 6.38. The zero-order valence-corrected chi connectivity index (χ0v) is 9.35. The van der Waals surface area contributed by atoms with Crippen LogP contribution < -0.4 is 0 Å². The van der Waals surface area contributed by atoms with Crippen molar-refractivity contribution >= 4 is 0 Å². The van der Waals surface area contributed by atoms with Gasteiger partial charge in [-0.1, -0.05) is 46.0 Å². The van der Waals surface area contributed by atoms with E-state index in [1.807, 2.05) is 20.8 Å². The Labute approximate surface area is 82.5 Å². The molecule has 0 amide bonds. The van der Waals surface area contributed by atoms with Crippen LogP contribution in [-0.4, -0.2) is 10.7 Å². The largest absolute Gasteiger partial charge is 0.378 e. The molecule has 1 atom stereocenters. The fourth-order valence-corrected chi connectivity index (χ4v) is 1.08. The lowest BCUT2D eigenvalue weighted by atomic mass is 9.94. The van der Waals surface area contributed by atoms with Crippen LogP contribution in [0.2, 0.25) is 0 Å². The van der Waals surface area contributed by atoms with Gasteiger partial charge >= 0.3 is 0 Å². The van der Waals surface area contributed by atoms with E-state index < -0.39 is 5.60 Å². The van der Waals surface area contributed by atoms with Crippen molar-refractivity contribution in [3.8, 4) is 11.8 Å². The summed E-state index contributed by atoms with van der Waals surface area (Å²) in [5, 5.41) is 10.0. The van der Waals surface area contributed by atoms with Gasteiger partial charge in [0.2, 0.25) is 0 Å². The van der Waals surface area contributed by atoms with Crippen LogP contribution in [-0.2, 0) is 0 Å². The van der Waals surface area contributed by atoms with Gasteiger partial charge in [-0.15, -0.1) is 0 Å². The molecular formula is C12H22O. The van der Waals surface area contributed by atoms with Crippen LogP contribution in [0.25, 0.3) is 0 Å². The van der Waals surface area contributed by atoms with Gasteiger partial charge in [-0.3, -0.25) is 0 Å². The smallest absolute Gasteiger partial charge is 0.125 e. The summed E-state index contributed by atoms with van der Waals surface area (Å²) in [4.78, 5) is 0. The van der Waals surface area contributed by atoms with Crippen molar-refractivity contribution in [2.75, 3.05) is 0 Å². The minimum Gasteiger partial charge on any atom is -0.378 e. The van der Waals surface area contributed by atoms with Gasteiger partial charge < -0.3 is 5.11 Å². The lowest BCUT2D eigenvalue weighted by Gasteiger charge is -2.19. The van der Waals surface area contributed by atoms with Crippen molar-refractivity contribution in [2.45, 2.75) is 59.0 Å². The van der Waals surface area contributed by atoms with Crippen LogP contribution in [0.5, 0.6) is 0 Å². The third-order valence-corrected chi connectivity index (χ3v) is 2.12. The molecule has 0 spiro atoms. The molecule has 76 valence electrons. The molecule has 0 aromatic carbocycles. The van der Waals surface area contributed by atoms with Gasteiger partial charge in [0, 0.05) is 5.92 Å². The van der Waals surface area contributed by atoms with Crippen LogP contribution in [0.3, 0.4) is 0 Å². The Morgan fingerprint density at radius 2 is 1.92 bits per heavy atom. The molecule has 0 aromatic heterocycles. The van der Waals surface area contributed by atoms with Crippen LogP contribution in [0.15, 0.2) is 0 Å². The van der Waals surface area contributed by atoms with Gasteiger partial charge in [0.15, 0.2) is 0 Å². The summed E-state index contributed by atoms with van der Waals surface area (Å²) in [6.45, 7) is 8.21. The van der Waals surface area contributed by atoms with Gasteiger partial charge in [0.1, 0.15) is 5.60 Å². The van der Waals surface area contributed by atoms with Crippen molar-refractivity contribution in [1.29, 1.82) is 0 Å². The highest BCUT2D eigenvalue weighted by Crippen LogP contribution is 2.17. The highest BCUT2D eigenvalue weighted by atomic mass is 16.3. The van der Waals surface area contributed by atoms with Crippen molar-refractivity contribution in [1.82, 2.24) is 0 Å². The fourth-order valence-electron chi connectivity index (χ4n) is 1.08. The van der Waals surface area contributed by atoms with Crippen molar-refractivity contribution < 1.29 is 5.11 Å². The van der Waals surface area contributed by atoms with E-state index in [1.54, 1.807) is 0 Å². The maximum Gasteiger partial charge on any atom is 0.125 e. The monoisotopic (exact) mass is 182 g/mol. The molecule has 0 radical (unpaired) electrons. The fraction of sp³-hybridized carbons (Fsp3) is 0.833. The summed E-state index contributed by atoms with van der Waals surface area (Å²) < 4.78 is 0. The van der Waals surface area contributed by atoms with E-state index in [-0.39, 0.29) is 0 Å². The van der Waals surface area contributed by atoms with Crippen molar-refractivity contribution in [2.24, 2.45) is 5.92 Å². The predicted octanol–water partition coefficient (Wildman–Crippen LogP) is 2.98. The third kappa shape index (κ3) is 5.71. The van der Waals surface area contributed by atoms with Gasteiger partial charge in [-0.25, -0.2) is 0 Å². The van der Waals surface area contributed by atoms with Crippen molar-refractivity contribution in [3.63, 3.8) is 0 Å². The maximum atomic E-state index is 10.0. The Morgan fingerprint density at radius 3 is 2.31 bits per heavy atom. The molecule has 0 rings (SSSR count). The molecule has 0 fully saturated rings. The lowest BCUT2D eigenvalue weighted by molar-refractivity contribution is 0.0849. The van der Waals surface area contributed by atoms with E-state index in [9.17, 15) is 5.11 Å². The average Bonchev–Trinajstić information content (AvgIpc) is 2.11. The van der Waals surface area contributed by atoms with Gasteiger partial charge in [0.05, 0.1) is 0 Å². The predicted molar refractivity (Wildman–Crippen MR) is 57.4 cm³/mol. The Kier molecular flexibility index (Phi) is 5.82. The highest BCUT2D eigenvalue weighted by molar-refractivity contribution is 5.14. The second-order valence-corrected chi connectivity index (χ2v) is 3.91. The van der Waals surface area contributed by atoms with E-state index in [2.05, 4.69) is 18.8 Å². The summed E-state index contributed by atoms with van der Waals surface area (Å²) in [5.41, 5.74) is -0.736. The van der Waals surface area contributed by atoms with Crippen LogP contribution in [0.4, 0.5) is 0 Å². The van der Waals surface area contributed by atoms with E-state index in [0.29, 0.717) is 5.92 Å². The molecular weight excluding hydrogens is 160 g/mol. The van der Waals surface area contributed by atoms with Gasteiger partial charge in [-0.05, 0) is 19.3 Å². The molecule has 0 saturated carbocycles. The second-order valence-electron chi connectivity index (χ2n) is 3.91. The van der Waals surface area contributed by atoms with Crippen LogP contribution in [0, 0.1) is 17.8 Å². The first-order chi connectivity index (χ1) is 6.04. The summed E-state index contributed by atoms with van der Waals surface area (Å²) in [6.07, 6.45) is 3.70. The SMILES string of the molecule is CCCCC(O)(C#CC(C)C)CC. The number of hydrogen-bond donors (Lipinski definition) is 1. The second kappa shape index (κ2) is 6.05. The summed E-state index contributed by atoms with van der Waals surface area (Å²) >= 11 is 0. The van der Waals surface area contributed by atoms with E-state index in [0.717, 1.165) is 25.7 Å². The Hall–Kier alpha value is -0.480. The molecule has 0 bridgehead atoms. The minimum absolute atomic E-state index is 0.347. The van der Waals surface area contributed by atoms with E-state index >= 15 is 0 Å². The number of unbranched alkanes of at least 4 members (excludes halogenated alkanes) is 1. The quantitative estimate of drug-likeness (QED) is 0.663. The first kappa shape index (κ1) is 12.5. The number of aliphatic hydroxyl groups is 1. The molecule has 0 aromatic rings. The molecule has 1 nitrogen and oxygen atoms in total. The molecule has 1 N–H and O–H groups in total. The zero-order chi connectivity index (χ0) is 10.3. The zero-order valence-electron chi connectivity index (χ0n) is 9.35. The molecule has 0 aliphatic rings. The first-order valence-corrected chi connectivity index (χ1v) is 5.29. The molecule has 1 unspecified atom stereocenters. The normalized spacial score (nSPS) is 14.9. The Balaban J connectivity index is 4.21. The lowest BCUT2D eigenvalue weighted by Crippen LogP contribution is -2.25. The third-order valence-electron chi connectivity index (χ3n) is 2.12. The summed E-state index contributed by atoms with van der Waals surface area (Å²) in [6, 6.07) is 0.